The third-order valence-electron chi connectivity index (χ3n) is 5.99. The Morgan fingerprint density at radius 1 is 1.16 bits per heavy atom. The molecule has 1 aromatic rings. The van der Waals surface area contributed by atoms with Crippen LogP contribution in [-0.4, -0.2) is 51.2 Å². The molecule has 5 nitrogen and oxygen atoms in total. The third kappa shape index (κ3) is 2.54. The van der Waals surface area contributed by atoms with Crippen molar-refractivity contribution in [3.8, 4) is 0 Å². The SMILES string of the molecule is C[C@@H]1CN(c2cc(F)c3c(c2)N(C)C(=O)C32CCNCC2)C[C@H](C)N1. The summed E-state index contributed by atoms with van der Waals surface area (Å²) < 4.78 is 15.2. The molecule has 0 aliphatic carbocycles. The summed E-state index contributed by atoms with van der Waals surface area (Å²) in [6.45, 7) is 7.49. The molecule has 136 valence electrons. The van der Waals surface area contributed by atoms with Gasteiger partial charge < -0.3 is 20.4 Å². The Kier molecular flexibility index (Phi) is 4.00. The lowest BCUT2D eigenvalue weighted by Crippen LogP contribution is -2.54. The van der Waals surface area contributed by atoms with Crippen LogP contribution in [0, 0.1) is 5.82 Å². The van der Waals surface area contributed by atoms with E-state index >= 15 is 4.39 Å². The molecule has 3 aliphatic rings. The lowest BCUT2D eigenvalue weighted by Gasteiger charge is -2.38. The minimum Gasteiger partial charge on any atom is -0.368 e. The highest BCUT2D eigenvalue weighted by Gasteiger charge is 2.52. The molecular formula is C19H27FN4O. The van der Waals surface area contributed by atoms with E-state index < -0.39 is 5.41 Å². The first kappa shape index (κ1) is 16.8. The van der Waals surface area contributed by atoms with Crippen molar-refractivity contribution in [1.82, 2.24) is 10.6 Å². The number of likely N-dealkylation sites (N-methyl/N-ethyl adjacent to an activating group) is 1. The van der Waals surface area contributed by atoms with Gasteiger partial charge in [0.1, 0.15) is 5.82 Å². The Morgan fingerprint density at radius 2 is 1.80 bits per heavy atom. The summed E-state index contributed by atoms with van der Waals surface area (Å²) in [5.74, 6) is -0.187. The normalized spacial score (nSPS) is 28.6. The van der Waals surface area contributed by atoms with Crippen LogP contribution in [0.4, 0.5) is 15.8 Å². The molecule has 3 heterocycles. The first-order valence-corrected chi connectivity index (χ1v) is 9.26. The quantitative estimate of drug-likeness (QED) is 0.811. The first-order valence-electron chi connectivity index (χ1n) is 9.26. The topological polar surface area (TPSA) is 47.6 Å². The molecule has 2 saturated heterocycles. The van der Waals surface area contributed by atoms with Gasteiger partial charge in [0.05, 0.1) is 11.1 Å². The Hall–Kier alpha value is -1.66. The fraction of sp³-hybridized carbons (Fsp3) is 0.632. The van der Waals surface area contributed by atoms with E-state index in [1.807, 2.05) is 6.07 Å². The van der Waals surface area contributed by atoms with Crippen molar-refractivity contribution < 1.29 is 9.18 Å². The van der Waals surface area contributed by atoms with E-state index in [-0.39, 0.29) is 11.7 Å². The van der Waals surface area contributed by atoms with Gasteiger partial charge in [-0.2, -0.15) is 0 Å². The van der Waals surface area contributed by atoms with Gasteiger partial charge in [0.15, 0.2) is 0 Å². The van der Waals surface area contributed by atoms with Crippen LogP contribution in [0.5, 0.6) is 0 Å². The second kappa shape index (κ2) is 5.95. The van der Waals surface area contributed by atoms with E-state index in [4.69, 9.17) is 0 Å². The number of nitrogens with one attached hydrogen (secondary N) is 2. The van der Waals surface area contributed by atoms with Crippen LogP contribution in [0.3, 0.4) is 0 Å². The number of anilines is 2. The molecular weight excluding hydrogens is 319 g/mol. The molecule has 0 saturated carbocycles. The summed E-state index contributed by atoms with van der Waals surface area (Å²) in [5, 5.41) is 6.79. The van der Waals surface area contributed by atoms with E-state index in [1.54, 1.807) is 18.0 Å². The largest absolute Gasteiger partial charge is 0.368 e. The van der Waals surface area contributed by atoms with Gasteiger partial charge in [-0.3, -0.25) is 4.79 Å². The number of hydrogen-bond donors (Lipinski definition) is 2. The molecule has 2 fully saturated rings. The van der Waals surface area contributed by atoms with Crippen LogP contribution >= 0.6 is 0 Å². The van der Waals surface area contributed by atoms with E-state index in [1.165, 1.54) is 0 Å². The number of halogens is 1. The number of piperazine rings is 1. The molecule has 25 heavy (non-hydrogen) atoms. The molecule has 1 spiro atoms. The van der Waals surface area contributed by atoms with Crippen molar-refractivity contribution in [2.45, 2.75) is 44.2 Å². The molecule has 0 aromatic heterocycles. The number of nitrogens with zero attached hydrogens (tertiary/aromatic N) is 2. The van der Waals surface area contributed by atoms with Gasteiger partial charge in [0, 0.05) is 43.5 Å². The maximum absolute atomic E-state index is 15.2. The molecule has 2 N–H and O–H groups in total. The van der Waals surface area contributed by atoms with E-state index in [0.717, 1.165) is 37.6 Å². The number of piperidine rings is 1. The van der Waals surface area contributed by atoms with Crippen LogP contribution in [0.1, 0.15) is 32.3 Å². The van der Waals surface area contributed by atoms with Gasteiger partial charge in [0.2, 0.25) is 5.91 Å². The van der Waals surface area contributed by atoms with Crippen LogP contribution in [0.2, 0.25) is 0 Å². The Balaban J connectivity index is 1.76. The Morgan fingerprint density at radius 3 is 2.44 bits per heavy atom. The monoisotopic (exact) mass is 346 g/mol. The van der Waals surface area contributed by atoms with Crippen molar-refractivity contribution in [1.29, 1.82) is 0 Å². The van der Waals surface area contributed by atoms with Gasteiger partial charge in [-0.1, -0.05) is 0 Å². The number of carbonyl (C=O) groups is 1. The van der Waals surface area contributed by atoms with Crippen molar-refractivity contribution in [2.75, 3.05) is 43.0 Å². The molecule has 1 aromatic carbocycles. The lowest BCUT2D eigenvalue weighted by molar-refractivity contribution is -0.123. The summed E-state index contributed by atoms with van der Waals surface area (Å²) in [7, 11) is 1.78. The number of fused-ring (bicyclic) bond motifs is 2. The predicted molar refractivity (Wildman–Crippen MR) is 97.9 cm³/mol. The second-order valence-electron chi connectivity index (χ2n) is 7.89. The van der Waals surface area contributed by atoms with Crippen molar-refractivity contribution >= 4 is 17.3 Å². The lowest BCUT2D eigenvalue weighted by atomic mass is 9.74. The average molecular weight is 346 g/mol. The number of rotatable bonds is 1. The van der Waals surface area contributed by atoms with Gasteiger partial charge in [-0.15, -0.1) is 0 Å². The van der Waals surface area contributed by atoms with E-state index in [2.05, 4.69) is 29.4 Å². The summed E-state index contributed by atoms with van der Waals surface area (Å²) in [5.41, 5.74) is 1.56. The smallest absolute Gasteiger partial charge is 0.237 e. The van der Waals surface area contributed by atoms with Crippen LogP contribution < -0.4 is 20.4 Å². The van der Waals surface area contributed by atoms with Gasteiger partial charge in [0.25, 0.3) is 0 Å². The fourth-order valence-electron chi connectivity index (χ4n) is 4.89. The van der Waals surface area contributed by atoms with E-state index in [9.17, 15) is 4.79 Å². The van der Waals surface area contributed by atoms with Gasteiger partial charge >= 0.3 is 0 Å². The van der Waals surface area contributed by atoms with Gasteiger partial charge in [-0.25, -0.2) is 4.39 Å². The Bertz CT molecular complexity index is 691. The summed E-state index contributed by atoms with van der Waals surface area (Å²) in [4.78, 5) is 16.9. The zero-order valence-corrected chi connectivity index (χ0v) is 15.2. The number of carbonyl (C=O) groups excluding carboxylic acids is 1. The van der Waals surface area contributed by atoms with Crippen molar-refractivity contribution in [2.24, 2.45) is 0 Å². The number of amides is 1. The average Bonchev–Trinajstić information content (AvgIpc) is 2.77. The predicted octanol–water partition coefficient (Wildman–Crippen LogP) is 1.61. The third-order valence-corrected chi connectivity index (χ3v) is 5.99. The van der Waals surface area contributed by atoms with Crippen LogP contribution in [-0.2, 0) is 10.2 Å². The molecule has 3 aliphatic heterocycles. The molecule has 6 heteroatoms. The molecule has 2 atom stereocenters. The first-order chi connectivity index (χ1) is 11.9. The van der Waals surface area contributed by atoms with Crippen LogP contribution in [0.25, 0.3) is 0 Å². The van der Waals surface area contributed by atoms with Crippen molar-refractivity contribution in [3.05, 3.63) is 23.5 Å². The standard InChI is InChI=1S/C19H27FN4O/c1-12-10-24(11-13(2)22-12)14-8-15(20)17-16(9-14)23(3)18(25)19(17)4-6-21-7-5-19/h8-9,12-13,21-22H,4-7,10-11H2,1-3H3/t12-,13+. The molecule has 0 bridgehead atoms. The summed E-state index contributed by atoms with van der Waals surface area (Å²) in [6, 6.07) is 4.36. The van der Waals surface area contributed by atoms with E-state index in [0.29, 0.717) is 30.5 Å². The maximum Gasteiger partial charge on any atom is 0.237 e. The summed E-state index contributed by atoms with van der Waals surface area (Å²) >= 11 is 0. The highest BCUT2D eigenvalue weighted by Crippen LogP contribution is 2.49. The number of benzene rings is 1. The van der Waals surface area contributed by atoms with Gasteiger partial charge in [-0.05, 0) is 51.9 Å². The summed E-state index contributed by atoms with van der Waals surface area (Å²) in [6.07, 6.45) is 1.34. The molecule has 1 amide bonds. The van der Waals surface area contributed by atoms with Crippen molar-refractivity contribution in [3.63, 3.8) is 0 Å². The highest BCUT2D eigenvalue weighted by atomic mass is 19.1. The number of hydrogen-bond acceptors (Lipinski definition) is 4. The maximum atomic E-state index is 15.2. The molecule has 0 radical (unpaired) electrons. The van der Waals surface area contributed by atoms with Crippen LogP contribution in [0.15, 0.2) is 12.1 Å². The zero-order chi connectivity index (χ0) is 17.8. The zero-order valence-electron chi connectivity index (χ0n) is 15.2. The molecule has 4 rings (SSSR count). The molecule has 0 unspecified atom stereocenters. The highest BCUT2D eigenvalue weighted by molar-refractivity contribution is 6.08. The minimum atomic E-state index is -0.679. The Labute approximate surface area is 148 Å². The second-order valence-corrected chi connectivity index (χ2v) is 7.89. The fourth-order valence-corrected chi connectivity index (χ4v) is 4.89. The minimum absolute atomic E-state index is 0.0436.